The third kappa shape index (κ3) is 3.97. The topological polar surface area (TPSA) is 77.8 Å². The Morgan fingerprint density at radius 2 is 1.81 bits per heavy atom. The minimum absolute atomic E-state index is 0.148. The number of phenolic OH excluding ortho intramolecular Hbond substituents is 1. The molecule has 1 rings (SSSR count). The van der Waals surface area contributed by atoms with Crippen molar-refractivity contribution >= 4 is 11.9 Å². The molecular formula is C16H23NO4. The Balaban J connectivity index is 2.96. The van der Waals surface area contributed by atoms with Crippen LogP contribution in [0.5, 0.6) is 5.75 Å². The maximum absolute atomic E-state index is 12.5. The molecule has 0 heterocycles. The van der Waals surface area contributed by atoms with Gasteiger partial charge in [0.05, 0.1) is 12.0 Å². The smallest absolute Gasteiger partial charge is 0.307 e. The minimum Gasteiger partial charge on any atom is -0.508 e. The second-order valence-corrected chi connectivity index (χ2v) is 5.31. The normalized spacial score (nSPS) is 15.0. The Bertz CT molecular complexity index is 515. The van der Waals surface area contributed by atoms with Crippen LogP contribution in [0.25, 0.3) is 0 Å². The summed E-state index contributed by atoms with van der Waals surface area (Å²) in [4.78, 5) is 25.2. The summed E-state index contributed by atoms with van der Waals surface area (Å²) < 4.78 is 0. The molecule has 3 unspecified atom stereocenters. The van der Waals surface area contributed by atoms with E-state index in [9.17, 15) is 14.7 Å². The molecule has 1 amide bonds. The molecule has 0 aliphatic heterocycles. The zero-order chi connectivity index (χ0) is 16.2. The van der Waals surface area contributed by atoms with Crippen molar-refractivity contribution in [3.63, 3.8) is 0 Å². The highest BCUT2D eigenvalue weighted by atomic mass is 16.4. The van der Waals surface area contributed by atoms with Gasteiger partial charge in [-0.3, -0.25) is 9.59 Å². The predicted molar refractivity (Wildman–Crippen MR) is 79.9 cm³/mol. The van der Waals surface area contributed by atoms with Gasteiger partial charge in [-0.05, 0) is 31.5 Å². The summed E-state index contributed by atoms with van der Waals surface area (Å²) in [5.41, 5.74) is 0.820. The van der Waals surface area contributed by atoms with E-state index in [0.29, 0.717) is 6.54 Å². The summed E-state index contributed by atoms with van der Waals surface area (Å²) >= 11 is 0. The Morgan fingerprint density at radius 3 is 2.29 bits per heavy atom. The lowest BCUT2D eigenvalue weighted by atomic mass is 9.93. The molecule has 0 aliphatic carbocycles. The van der Waals surface area contributed by atoms with Crippen LogP contribution in [-0.4, -0.2) is 33.5 Å². The monoisotopic (exact) mass is 293 g/mol. The van der Waals surface area contributed by atoms with Crippen molar-refractivity contribution in [3.05, 3.63) is 29.8 Å². The molecule has 0 fully saturated rings. The lowest BCUT2D eigenvalue weighted by Crippen LogP contribution is -2.40. The highest BCUT2D eigenvalue weighted by molar-refractivity contribution is 5.84. The van der Waals surface area contributed by atoms with Gasteiger partial charge in [0.25, 0.3) is 0 Å². The van der Waals surface area contributed by atoms with Gasteiger partial charge in [0.1, 0.15) is 5.75 Å². The molecule has 116 valence electrons. The summed E-state index contributed by atoms with van der Waals surface area (Å²) in [5, 5.41) is 18.6. The van der Waals surface area contributed by atoms with Crippen molar-refractivity contribution in [1.29, 1.82) is 0 Å². The molecule has 1 aromatic rings. The number of aliphatic carboxylic acids is 1. The van der Waals surface area contributed by atoms with Crippen molar-refractivity contribution in [2.24, 2.45) is 11.8 Å². The lowest BCUT2D eigenvalue weighted by Gasteiger charge is -2.32. The lowest BCUT2D eigenvalue weighted by molar-refractivity contribution is -0.150. The summed E-state index contributed by atoms with van der Waals surface area (Å²) in [7, 11) is 0. The van der Waals surface area contributed by atoms with Gasteiger partial charge in [0.2, 0.25) is 5.91 Å². The number of benzene rings is 1. The fourth-order valence-corrected chi connectivity index (χ4v) is 2.27. The average molecular weight is 293 g/mol. The van der Waals surface area contributed by atoms with Crippen LogP contribution < -0.4 is 0 Å². The summed E-state index contributed by atoms with van der Waals surface area (Å²) in [6.07, 6.45) is 0. The van der Waals surface area contributed by atoms with Gasteiger partial charge in [-0.15, -0.1) is 0 Å². The molecule has 0 aliphatic rings. The predicted octanol–water partition coefficient (Wildman–Crippen LogP) is 2.66. The van der Waals surface area contributed by atoms with E-state index in [4.69, 9.17) is 5.11 Å². The number of carboxylic acids is 1. The molecule has 1 aromatic carbocycles. The number of amides is 1. The van der Waals surface area contributed by atoms with Crippen molar-refractivity contribution in [1.82, 2.24) is 4.90 Å². The van der Waals surface area contributed by atoms with Gasteiger partial charge < -0.3 is 15.1 Å². The van der Waals surface area contributed by atoms with E-state index in [-0.39, 0.29) is 17.7 Å². The second kappa shape index (κ2) is 7.11. The summed E-state index contributed by atoms with van der Waals surface area (Å²) in [6, 6.07) is 6.53. The van der Waals surface area contributed by atoms with Gasteiger partial charge in [-0.1, -0.05) is 26.0 Å². The number of phenols is 1. The van der Waals surface area contributed by atoms with Crippen LogP contribution in [0.15, 0.2) is 24.3 Å². The fraction of sp³-hybridized carbons (Fsp3) is 0.500. The number of carbonyl (C=O) groups is 2. The van der Waals surface area contributed by atoms with Gasteiger partial charge in [-0.2, -0.15) is 0 Å². The van der Waals surface area contributed by atoms with Crippen LogP contribution in [-0.2, 0) is 9.59 Å². The number of rotatable bonds is 6. The molecule has 3 atom stereocenters. The van der Waals surface area contributed by atoms with E-state index in [2.05, 4.69) is 0 Å². The second-order valence-electron chi connectivity index (χ2n) is 5.31. The van der Waals surface area contributed by atoms with Gasteiger partial charge in [-0.25, -0.2) is 0 Å². The van der Waals surface area contributed by atoms with Crippen LogP contribution in [0.1, 0.15) is 39.3 Å². The van der Waals surface area contributed by atoms with E-state index in [1.807, 2.05) is 19.9 Å². The van der Waals surface area contributed by atoms with Crippen LogP contribution in [0.2, 0.25) is 0 Å². The summed E-state index contributed by atoms with van der Waals surface area (Å²) in [5.74, 6) is -2.35. The quantitative estimate of drug-likeness (QED) is 0.845. The highest BCUT2D eigenvalue weighted by Gasteiger charge is 2.31. The molecule has 0 aromatic heterocycles. The van der Waals surface area contributed by atoms with Gasteiger partial charge in [0.15, 0.2) is 0 Å². The molecule has 2 N–H and O–H groups in total. The zero-order valence-corrected chi connectivity index (χ0v) is 12.9. The highest BCUT2D eigenvalue weighted by Crippen LogP contribution is 2.26. The fourth-order valence-electron chi connectivity index (χ4n) is 2.27. The molecule has 5 nitrogen and oxygen atoms in total. The van der Waals surface area contributed by atoms with Crippen LogP contribution in [0, 0.1) is 11.8 Å². The first-order chi connectivity index (χ1) is 9.79. The number of carbonyl (C=O) groups excluding carboxylic acids is 1. The Labute approximate surface area is 125 Å². The first-order valence-electron chi connectivity index (χ1n) is 7.11. The molecule has 0 spiro atoms. The van der Waals surface area contributed by atoms with Crippen LogP contribution in [0.4, 0.5) is 0 Å². The number of carboxylic acid groups (broad SMARTS) is 1. The first kappa shape index (κ1) is 17.0. The number of hydrogen-bond donors (Lipinski definition) is 2. The molecule has 0 saturated heterocycles. The van der Waals surface area contributed by atoms with Crippen molar-refractivity contribution < 1.29 is 19.8 Å². The third-order valence-electron chi connectivity index (χ3n) is 3.97. The molecule has 5 heteroatoms. The van der Waals surface area contributed by atoms with Crippen molar-refractivity contribution in [2.75, 3.05) is 6.54 Å². The zero-order valence-electron chi connectivity index (χ0n) is 12.9. The van der Waals surface area contributed by atoms with E-state index < -0.39 is 17.8 Å². The third-order valence-corrected chi connectivity index (χ3v) is 3.97. The number of nitrogens with zero attached hydrogens (tertiary/aromatic N) is 1. The van der Waals surface area contributed by atoms with E-state index in [1.165, 1.54) is 6.92 Å². The van der Waals surface area contributed by atoms with E-state index in [0.717, 1.165) is 5.56 Å². The van der Waals surface area contributed by atoms with Crippen molar-refractivity contribution in [3.8, 4) is 5.75 Å². The van der Waals surface area contributed by atoms with E-state index >= 15 is 0 Å². The van der Waals surface area contributed by atoms with Crippen molar-refractivity contribution in [2.45, 2.75) is 33.7 Å². The maximum Gasteiger partial charge on any atom is 0.307 e. The SMILES string of the molecule is CCN(C(=O)C(C)C(C)C(=O)O)C(C)c1cccc(O)c1. The first-order valence-corrected chi connectivity index (χ1v) is 7.11. The standard InChI is InChI=1S/C16H23NO4/c1-5-17(15(19)10(2)11(3)16(20)21)12(4)13-7-6-8-14(18)9-13/h6-12,18H,5H2,1-4H3,(H,20,21). The molecule has 0 radical (unpaired) electrons. The minimum atomic E-state index is -0.975. The molecule has 21 heavy (non-hydrogen) atoms. The number of hydrogen-bond acceptors (Lipinski definition) is 3. The Hall–Kier alpha value is -2.04. The van der Waals surface area contributed by atoms with Gasteiger partial charge >= 0.3 is 5.97 Å². The van der Waals surface area contributed by atoms with E-state index in [1.54, 1.807) is 30.0 Å². The molecule has 0 saturated carbocycles. The Morgan fingerprint density at radius 1 is 1.19 bits per heavy atom. The van der Waals surface area contributed by atoms with Crippen LogP contribution >= 0.6 is 0 Å². The van der Waals surface area contributed by atoms with Crippen LogP contribution in [0.3, 0.4) is 0 Å². The number of aromatic hydroxyl groups is 1. The Kier molecular flexibility index (Phi) is 5.76. The average Bonchev–Trinajstić information content (AvgIpc) is 2.45. The largest absolute Gasteiger partial charge is 0.508 e. The summed E-state index contributed by atoms with van der Waals surface area (Å²) in [6.45, 7) is 7.38. The maximum atomic E-state index is 12.5. The molecule has 0 bridgehead atoms. The van der Waals surface area contributed by atoms with Gasteiger partial charge in [0, 0.05) is 12.5 Å². The molecular weight excluding hydrogens is 270 g/mol.